The predicted molar refractivity (Wildman–Crippen MR) is 94.0 cm³/mol. The van der Waals surface area contributed by atoms with Crippen molar-refractivity contribution in [2.24, 2.45) is 10.6 Å². The lowest BCUT2D eigenvalue weighted by molar-refractivity contribution is 0.405. The molecule has 3 rings (SSSR count). The minimum atomic E-state index is -3.83. The number of sulfonamides is 1. The summed E-state index contributed by atoms with van der Waals surface area (Å²) >= 11 is 0. The second-order valence-corrected chi connectivity index (χ2v) is 8.85. The van der Waals surface area contributed by atoms with E-state index in [-0.39, 0.29) is 15.9 Å². The largest absolute Gasteiger partial charge is 0.238 e. The van der Waals surface area contributed by atoms with E-state index in [2.05, 4.69) is 0 Å². The Labute approximate surface area is 150 Å². The number of rotatable bonds is 3. The summed E-state index contributed by atoms with van der Waals surface area (Å²) in [6.07, 6.45) is 0.964. The van der Waals surface area contributed by atoms with E-state index in [1.54, 1.807) is 12.1 Å². The highest BCUT2D eigenvalue weighted by Gasteiger charge is 2.34. The molecule has 0 heterocycles. The van der Waals surface area contributed by atoms with E-state index in [0.29, 0.717) is 41.7 Å². The van der Waals surface area contributed by atoms with Crippen molar-refractivity contribution >= 4 is 21.2 Å². The lowest BCUT2D eigenvalue weighted by Gasteiger charge is -2.17. The Balaban J connectivity index is 2.17. The summed E-state index contributed by atoms with van der Waals surface area (Å²) in [5, 5.41) is 5.10. The summed E-state index contributed by atoms with van der Waals surface area (Å²) in [5.41, 5.74) is 1.36. The van der Waals surface area contributed by atoms with Gasteiger partial charge in [-0.3, -0.25) is 0 Å². The molecule has 0 saturated carbocycles. The Kier molecular flexibility index (Phi) is 4.48. The number of hydrogen-bond acceptors (Lipinski definition) is 2. The quantitative estimate of drug-likeness (QED) is 0.852. The molecule has 0 fully saturated rings. The maximum atomic E-state index is 14.3. The van der Waals surface area contributed by atoms with Gasteiger partial charge in [0.2, 0.25) is 10.0 Å². The molecular weight excluding hydrogens is 363 g/mol. The molecule has 7 heteroatoms. The van der Waals surface area contributed by atoms with Gasteiger partial charge in [-0.2, -0.15) is 0 Å². The third-order valence-corrected chi connectivity index (χ3v) is 5.44. The maximum Gasteiger partial charge on any atom is 0.238 e. The van der Waals surface area contributed by atoms with Gasteiger partial charge in [0.05, 0.1) is 4.90 Å². The Morgan fingerprint density at radius 2 is 1.42 bits per heavy atom. The average molecular weight is 381 g/mol. The second-order valence-electron chi connectivity index (χ2n) is 7.29. The fraction of sp³-hybridized carbons (Fsp3) is 0.263. The van der Waals surface area contributed by atoms with Crippen LogP contribution in [0.5, 0.6) is 0 Å². The fourth-order valence-electron chi connectivity index (χ4n) is 3.42. The zero-order valence-corrected chi connectivity index (χ0v) is 15.1. The third kappa shape index (κ3) is 3.54. The minimum Gasteiger partial charge on any atom is -0.225 e. The van der Waals surface area contributed by atoms with Crippen molar-refractivity contribution in [1.29, 1.82) is 0 Å². The smallest absolute Gasteiger partial charge is 0.225 e. The second kappa shape index (κ2) is 6.25. The summed E-state index contributed by atoms with van der Waals surface area (Å²) in [6, 6.07) is 7.18. The minimum absolute atomic E-state index is 0.0419. The van der Waals surface area contributed by atoms with Gasteiger partial charge >= 0.3 is 0 Å². The van der Waals surface area contributed by atoms with Crippen LogP contribution in [0.2, 0.25) is 0 Å². The standard InChI is InChI=1S/C19H18F3NO2S/c1-19(2)9-14(11-3-5-13(6-4-11)26(23,24)25)15(10-19)18-16(21)7-12(20)8-17(18)22/h3-8H,9-10H2,1-2H3,(H2,23,24,25). The number of halogens is 3. The molecule has 1 aliphatic carbocycles. The molecular formula is C19H18F3NO2S. The van der Waals surface area contributed by atoms with Crippen molar-refractivity contribution in [3.8, 4) is 0 Å². The molecule has 138 valence electrons. The van der Waals surface area contributed by atoms with Crippen LogP contribution in [0, 0.1) is 22.9 Å². The van der Waals surface area contributed by atoms with Crippen molar-refractivity contribution in [1.82, 2.24) is 0 Å². The van der Waals surface area contributed by atoms with Crippen molar-refractivity contribution in [2.75, 3.05) is 0 Å². The molecule has 0 amide bonds. The van der Waals surface area contributed by atoms with Crippen molar-refractivity contribution in [3.05, 3.63) is 65.0 Å². The van der Waals surface area contributed by atoms with Crippen LogP contribution in [0.3, 0.4) is 0 Å². The number of nitrogens with two attached hydrogens (primary N) is 1. The molecule has 3 nitrogen and oxygen atoms in total. The van der Waals surface area contributed by atoms with E-state index in [0.717, 1.165) is 0 Å². The molecule has 26 heavy (non-hydrogen) atoms. The highest BCUT2D eigenvalue weighted by atomic mass is 32.2. The van der Waals surface area contributed by atoms with E-state index < -0.39 is 27.5 Å². The molecule has 2 N–H and O–H groups in total. The van der Waals surface area contributed by atoms with Gasteiger partial charge in [-0.15, -0.1) is 0 Å². The predicted octanol–water partition coefficient (Wildman–Crippen LogP) is 4.48. The zero-order chi connectivity index (χ0) is 19.3. The van der Waals surface area contributed by atoms with Gasteiger partial charge in [0, 0.05) is 17.7 Å². The molecule has 2 aromatic carbocycles. The van der Waals surface area contributed by atoms with Crippen LogP contribution in [0.1, 0.15) is 37.8 Å². The Bertz CT molecular complexity index is 987. The number of benzene rings is 2. The van der Waals surface area contributed by atoms with E-state index in [4.69, 9.17) is 5.14 Å². The summed E-state index contributed by atoms with van der Waals surface area (Å²) in [5.74, 6) is -2.87. The Morgan fingerprint density at radius 1 is 0.923 bits per heavy atom. The van der Waals surface area contributed by atoms with Crippen molar-refractivity contribution in [2.45, 2.75) is 31.6 Å². The summed E-state index contributed by atoms with van der Waals surface area (Å²) in [6.45, 7) is 3.94. The molecule has 0 aromatic heterocycles. The number of allylic oxidation sites excluding steroid dienone is 2. The van der Waals surface area contributed by atoms with Crippen LogP contribution in [0.15, 0.2) is 41.3 Å². The zero-order valence-electron chi connectivity index (χ0n) is 14.3. The van der Waals surface area contributed by atoms with Crippen LogP contribution in [-0.2, 0) is 10.0 Å². The molecule has 0 spiro atoms. The van der Waals surface area contributed by atoms with E-state index >= 15 is 0 Å². The van der Waals surface area contributed by atoms with Crippen molar-refractivity contribution in [3.63, 3.8) is 0 Å². The van der Waals surface area contributed by atoms with Gasteiger partial charge in [-0.25, -0.2) is 26.7 Å². The van der Waals surface area contributed by atoms with E-state index in [1.807, 2.05) is 13.8 Å². The van der Waals surface area contributed by atoms with Gasteiger partial charge in [0.15, 0.2) is 0 Å². The highest BCUT2D eigenvalue weighted by Crippen LogP contribution is 2.50. The summed E-state index contributed by atoms with van der Waals surface area (Å²) in [4.78, 5) is -0.0419. The molecule has 0 aliphatic heterocycles. The Hall–Kier alpha value is -2.12. The van der Waals surface area contributed by atoms with Crippen LogP contribution in [0.4, 0.5) is 13.2 Å². The molecule has 1 aliphatic rings. The fourth-order valence-corrected chi connectivity index (χ4v) is 3.94. The van der Waals surface area contributed by atoms with E-state index in [1.165, 1.54) is 12.1 Å². The number of hydrogen-bond donors (Lipinski definition) is 1. The van der Waals surface area contributed by atoms with Crippen LogP contribution >= 0.6 is 0 Å². The summed E-state index contributed by atoms with van der Waals surface area (Å²) in [7, 11) is -3.83. The first-order valence-corrected chi connectivity index (χ1v) is 9.53. The maximum absolute atomic E-state index is 14.3. The lowest BCUT2D eigenvalue weighted by atomic mass is 9.87. The molecule has 0 atom stereocenters. The third-order valence-electron chi connectivity index (χ3n) is 4.51. The first-order chi connectivity index (χ1) is 12.0. The van der Waals surface area contributed by atoms with Gasteiger partial charge in [-0.1, -0.05) is 26.0 Å². The number of primary sulfonamides is 1. The van der Waals surface area contributed by atoms with Gasteiger partial charge < -0.3 is 0 Å². The van der Waals surface area contributed by atoms with Crippen LogP contribution in [-0.4, -0.2) is 8.42 Å². The van der Waals surface area contributed by atoms with Gasteiger partial charge in [0.1, 0.15) is 17.5 Å². The first-order valence-electron chi connectivity index (χ1n) is 7.98. The average Bonchev–Trinajstić information content (AvgIpc) is 2.81. The first kappa shape index (κ1) is 18.7. The van der Waals surface area contributed by atoms with Crippen LogP contribution < -0.4 is 5.14 Å². The van der Waals surface area contributed by atoms with Crippen LogP contribution in [0.25, 0.3) is 11.1 Å². The molecule has 0 radical (unpaired) electrons. The lowest BCUT2D eigenvalue weighted by Crippen LogP contribution is -2.11. The topological polar surface area (TPSA) is 60.2 Å². The molecule has 0 unspecified atom stereocenters. The Morgan fingerprint density at radius 3 is 1.92 bits per heavy atom. The molecule has 0 bridgehead atoms. The van der Waals surface area contributed by atoms with Gasteiger partial charge in [0.25, 0.3) is 0 Å². The SMILES string of the molecule is CC1(C)CC(c2ccc(S(N)(=O)=O)cc2)=C(c2c(F)cc(F)cc2F)C1. The molecule has 0 saturated heterocycles. The van der Waals surface area contributed by atoms with Crippen molar-refractivity contribution < 1.29 is 21.6 Å². The molecule has 2 aromatic rings. The highest BCUT2D eigenvalue weighted by molar-refractivity contribution is 7.89. The normalized spacial score (nSPS) is 17.0. The van der Waals surface area contributed by atoms with E-state index in [9.17, 15) is 21.6 Å². The summed E-state index contributed by atoms with van der Waals surface area (Å²) < 4.78 is 64.7. The monoisotopic (exact) mass is 381 g/mol. The van der Waals surface area contributed by atoms with Gasteiger partial charge in [-0.05, 0) is 47.1 Å².